The molecular formula is C20H36IN5O. The molecule has 1 aromatic carbocycles. The van der Waals surface area contributed by atoms with Crippen LogP contribution in [-0.4, -0.2) is 57.5 Å². The van der Waals surface area contributed by atoms with Gasteiger partial charge in [0, 0.05) is 38.8 Å². The lowest BCUT2D eigenvalue weighted by Crippen LogP contribution is -2.37. The monoisotopic (exact) mass is 489 g/mol. The maximum atomic E-state index is 12.2. The van der Waals surface area contributed by atoms with Crippen LogP contribution in [0.2, 0.25) is 0 Å². The zero-order valence-corrected chi connectivity index (χ0v) is 19.7. The third-order valence-electron chi connectivity index (χ3n) is 3.97. The summed E-state index contributed by atoms with van der Waals surface area (Å²) in [5, 5.41) is 9.56. The van der Waals surface area contributed by atoms with Gasteiger partial charge in [-0.25, -0.2) is 0 Å². The van der Waals surface area contributed by atoms with Crippen LogP contribution in [0.3, 0.4) is 0 Å². The van der Waals surface area contributed by atoms with Gasteiger partial charge in [0.05, 0.1) is 0 Å². The Morgan fingerprint density at radius 3 is 2.52 bits per heavy atom. The van der Waals surface area contributed by atoms with Crippen LogP contribution in [0.1, 0.15) is 42.6 Å². The molecule has 0 aliphatic carbocycles. The predicted molar refractivity (Wildman–Crippen MR) is 125 cm³/mol. The highest BCUT2D eigenvalue weighted by Crippen LogP contribution is 2.05. The fourth-order valence-electron chi connectivity index (χ4n) is 2.44. The molecule has 0 saturated heterocycles. The number of rotatable bonds is 10. The normalized spacial score (nSPS) is 11.3. The lowest BCUT2D eigenvalue weighted by atomic mass is 10.1. The zero-order chi connectivity index (χ0) is 19.4. The molecule has 0 unspecified atom stereocenters. The average Bonchev–Trinajstić information content (AvgIpc) is 2.60. The number of carbonyl (C=O) groups is 1. The van der Waals surface area contributed by atoms with E-state index in [1.165, 1.54) is 6.42 Å². The van der Waals surface area contributed by atoms with Crippen molar-refractivity contribution in [1.82, 2.24) is 20.9 Å². The number of halogens is 1. The van der Waals surface area contributed by atoms with Crippen molar-refractivity contribution < 1.29 is 4.79 Å². The fourth-order valence-corrected chi connectivity index (χ4v) is 2.44. The van der Waals surface area contributed by atoms with E-state index < -0.39 is 0 Å². The molecule has 0 bridgehead atoms. The fraction of sp³-hybridized carbons (Fsp3) is 0.600. The summed E-state index contributed by atoms with van der Waals surface area (Å²) in [5.74, 6) is 1.47. The number of guanidine groups is 1. The second-order valence-electron chi connectivity index (χ2n) is 7.15. The highest BCUT2D eigenvalue weighted by atomic mass is 127. The Hall–Kier alpha value is -1.35. The molecule has 0 aliphatic heterocycles. The van der Waals surface area contributed by atoms with Crippen LogP contribution in [0.5, 0.6) is 0 Å². The number of amides is 1. The van der Waals surface area contributed by atoms with Crippen molar-refractivity contribution in [2.24, 2.45) is 10.9 Å². The number of aliphatic imine (C=N–C) groups is 1. The number of benzene rings is 1. The van der Waals surface area contributed by atoms with E-state index in [0.717, 1.165) is 37.0 Å². The molecule has 6 nitrogen and oxygen atoms in total. The number of nitrogens with one attached hydrogen (secondary N) is 3. The summed E-state index contributed by atoms with van der Waals surface area (Å²) in [6.45, 7) is 7.47. The summed E-state index contributed by atoms with van der Waals surface area (Å²) in [5.41, 5.74) is 1.73. The third-order valence-corrected chi connectivity index (χ3v) is 3.97. The first-order chi connectivity index (χ1) is 12.4. The molecule has 1 amide bonds. The average molecular weight is 489 g/mol. The van der Waals surface area contributed by atoms with Crippen molar-refractivity contribution in [2.75, 3.05) is 40.8 Å². The van der Waals surface area contributed by atoms with Gasteiger partial charge in [0.2, 0.25) is 0 Å². The number of nitrogens with zero attached hydrogens (tertiary/aromatic N) is 2. The van der Waals surface area contributed by atoms with Crippen molar-refractivity contribution in [1.29, 1.82) is 0 Å². The van der Waals surface area contributed by atoms with E-state index in [9.17, 15) is 4.79 Å². The summed E-state index contributed by atoms with van der Waals surface area (Å²) in [4.78, 5) is 18.5. The molecule has 3 N–H and O–H groups in total. The van der Waals surface area contributed by atoms with Crippen LogP contribution < -0.4 is 16.0 Å². The highest BCUT2D eigenvalue weighted by Gasteiger charge is 2.06. The first-order valence-electron chi connectivity index (χ1n) is 9.38. The maximum Gasteiger partial charge on any atom is 0.251 e. The van der Waals surface area contributed by atoms with E-state index in [4.69, 9.17) is 0 Å². The Kier molecular flexibility index (Phi) is 13.9. The quantitative estimate of drug-likeness (QED) is 0.205. The van der Waals surface area contributed by atoms with Crippen LogP contribution >= 0.6 is 24.0 Å². The maximum absolute atomic E-state index is 12.2. The standard InChI is InChI=1S/C20H35N5O.HI/c1-16(2)8-7-11-23-20(21-3)24-15-17-9-6-10-18(14-17)19(26)22-12-13-25(4)5;/h6,9-10,14,16H,7-8,11-13,15H2,1-5H3,(H,22,26)(H2,21,23,24);1H. The van der Waals surface area contributed by atoms with Crippen LogP contribution in [0.4, 0.5) is 0 Å². The zero-order valence-electron chi connectivity index (χ0n) is 17.3. The van der Waals surface area contributed by atoms with Gasteiger partial charge in [-0.1, -0.05) is 26.0 Å². The van der Waals surface area contributed by atoms with Gasteiger partial charge in [-0.3, -0.25) is 9.79 Å². The first kappa shape index (κ1) is 25.6. The summed E-state index contributed by atoms with van der Waals surface area (Å²) in [7, 11) is 5.75. The van der Waals surface area contributed by atoms with Crippen LogP contribution in [0.25, 0.3) is 0 Å². The minimum Gasteiger partial charge on any atom is -0.356 e. The first-order valence-corrected chi connectivity index (χ1v) is 9.38. The number of hydrogen-bond donors (Lipinski definition) is 3. The van der Waals surface area contributed by atoms with Crippen molar-refractivity contribution >= 4 is 35.8 Å². The Morgan fingerprint density at radius 1 is 1.15 bits per heavy atom. The molecule has 0 heterocycles. The minimum absolute atomic E-state index is 0. The molecule has 0 aromatic heterocycles. The molecule has 0 aliphatic rings. The van der Waals surface area contributed by atoms with Crippen molar-refractivity contribution in [2.45, 2.75) is 33.2 Å². The molecular weight excluding hydrogens is 453 g/mol. The topological polar surface area (TPSA) is 68.8 Å². The van der Waals surface area contributed by atoms with E-state index in [1.807, 2.05) is 43.3 Å². The minimum atomic E-state index is -0.0371. The van der Waals surface area contributed by atoms with Gasteiger partial charge >= 0.3 is 0 Å². The molecule has 7 heteroatoms. The lowest BCUT2D eigenvalue weighted by molar-refractivity contribution is 0.0951. The van der Waals surface area contributed by atoms with Crippen LogP contribution in [-0.2, 0) is 6.54 Å². The van der Waals surface area contributed by atoms with E-state index in [1.54, 1.807) is 7.05 Å². The predicted octanol–water partition coefficient (Wildman–Crippen LogP) is 2.70. The van der Waals surface area contributed by atoms with Crippen molar-refractivity contribution in [3.8, 4) is 0 Å². The molecule has 1 aromatic rings. The highest BCUT2D eigenvalue weighted by molar-refractivity contribution is 14.0. The van der Waals surface area contributed by atoms with Gasteiger partial charge in [0.15, 0.2) is 5.96 Å². The van der Waals surface area contributed by atoms with Crippen LogP contribution in [0, 0.1) is 5.92 Å². The van der Waals surface area contributed by atoms with Crippen molar-refractivity contribution in [3.63, 3.8) is 0 Å². The van der Waals surface area contributed by atoms with Gasteiger partial charge in [0.1, 0.15) is 0 Å². The summed E-state index contributed by atoms with van der Waals surface area (Å²) in [6.07, 6.45) is 2.33. The second kappa shape index (κ2) is 14.7. The molecule has 0 spiro atoms. The summed E-state index contributed by atoms with van der Waals surface area (Å²) >= 11 is 0. The smallest absolute Gasteiger partial charge is 0.251 e. The molecule has 0 atom stereocenters. The van der Waals surface area contributed by atoms with Crippen molar-refractivity contribution in [3.05, 3.63) is 35.4 Å². The lowest BCUT2D eigenvalue weighted by Gasteiger charge is -2.13. The van der Waals surface area contributed by atoms with E-state index >= 15 is 0 Å². The largest absolute Gasteiger partial charge is 0.356 e. The summed E-state index contributed by atoms with van der Waals surface area (Å²) in [6, 6.07) is 7.68. The number of likely N-dealkylation sites (N-methyl/N-ethyl adjacent to an activating group) is 1. The molecule has 0 saturated carbocycles. The molecule has 27 heavy (non-hydrogen) atoms. The Bertz CT molecular complexity index is 575. The number of hydrogen-bond acceptors (Lipinski definition) is 3. The van der Waals surface area contributed by atoms with Gasteiger partial charge in [0.25, 0.3) is 5.91 Å². The van der Waals surface area contributed by atoms with E-state index in [0.29, 0.717) is 18.7 Å². The van der Waals surface area contributed by atoms with Crippen LogP contribution in [0.15, 0.2) is 29.3 Å². The molecule has 0 radical (unpaired) electrons. The van der Waals surface area contributed by atoms with Gasteiger partial charge < -0.3 is 20.9 Å². The van der Waals surface area contributed by atoms with Gasteiger partial charge in [-0.15, -0.1) is 24.0 Å². The molecule has 1 rings (SSSR count). The second-order valence-corrected chi connectivity index (χ2v) is 7.15. The van der Waals surface area contributed by atoms with E-state index in [2.05, 4.69) is 34.8 Å². The van der Waals surface area contributed by atoms with Gasteiger partial charge in [-0.2, -0.15) is 0 Å². The molecule has 0 fully saturated rings. The number of carbonyl (C=O) groups excluding carboxylic acids is 1. The Balaban J connectivity index is 0.00000676. The van der Waals surface area contributed by atoms with E-state index in [-0.39, 0.29) is 29.9 Å². The molecule has 154 valence electrons. The SMILES string of the molecule is CN=C(NCCCC(C)C)NCc1cccc(C(=O)NCCN(C)C)c1.I. The summed E-state index contributed by atoms with van der Waals surface area (Å²) < 4.78 is 0. The van der Waals surface area contributed by atoms with Gasteiger partial charge in [-0.05, 0) is 50.6 Å². The Morgan fingerprint density at radius 2 is 1.89 bits per heavy atom. The third kappa shape index (κ3) is 11.9. The Labute approximate surface area is 181 Å².